The monoisotopic (exact) mass is 364 g/mol. The standard InChI is InChI=1S/C21H20N2O2S/c1-16-9-10-20-17(14-16)11-13-23(21(20)18-6-5-12-22-15-18)26(24,25)19-7-3-2-4-8-19/h2-10,12,14-15,21H,11,13H2,1H3. The molecule has 0 N–H and O–H groups in total. The minimum atomic E-state index is -3.61. The Kier molecular flexibility index (Phi) is 4.34. The highest BCUT2D eigenvalue weighted by molar-refractivity contribution is 7.89. The Balaban J connectivity index is 1.88. The predicted molar refractivity (Wildman–Crippen MR) is 101 cm³/mol. The summed E-state index contributed by atoms with van der Waals surface area (Å²) in [6, 6.07) is 18.3. The van der Waals surface area contributed by atoms with Crippen LogP contribution in [0.5, 0.6) is 0 Å². The lowest BCUT2D eigenvalue weighted by molar-refractivity contribution is 0.343. The first-order chi connectivity index (χ1) is 12.6. The fourth-order valence-corrected chi connectivity index (χ4v) is 5.22. The SMILES string of the molecule is Cc1ccc2c(c1)CCN(S(=O)(=O)c1ccccc1)C2c1cccnc1. The second kappa shape index (κ2) is 6.67. The van der Waals surface area contributed by atoms with Crippen molar-refractivity contribution in [3.8, 4) is 0 Å². The fraction of sp³-hybridized carbons (Fsp3) is 0.190. The second-order valence-electron chi connectivity index (χ2n) is 6.57. The molecule has 0 spiro atoms. The van der Waals surface area contributed by atoms with Gasteiger partial charge in [0.1, 0.15) is 0 Å². The summed E-state index contributed by atoms with van der Waals surface area (Å²) >= 11 is 0. The molecule has 1 unspecified atom stereocenters. The van der Waals surface area contributed by atoms with Crippen molar-refractivity contribution in [2.24, 2.45) is 0 Å². The van der Waals surface area contributed by atoms with Crippen LogP contribution in [-0.4, -0.2) is 24.3 Å². The molecule has 3 aromatic rings. The number of fused-ring (bicyclic) bond motifs is 1. The molecule has 2 aromatic carbocycles. The van der Waals surface area contributed by atoms with Crippen LogP contribution >= 0.6 is 0 Å². The molecule has 1 aliphatic heterocycles. The van der Waals surface area contributed by atoms with E-state index in [1.54, 1.807) is 41.0 Å². The van der Waals surface area contributed by atoms with E-state index in [9.17, 15) is 8.42 Å². The summed E-state index contributed by atoms with van der Waals surface area (Å²) in [4.78, 5) is 4.54. The van der Waals surface area contributed by atoms with Crippen LogP contribution in [0, 0.1) is 6.92 Å². The second-order valence-corrected chi connectivity index (χ2v) is 8.46. The van der Waals surface area contributed by atoms with Gasteiger partial charge in [-0.05, 0) is 48.2 Å². The summed E-state index contributed by atoms with van der Waals surface area (Å²) in [5, 5.41) is 0. The summed E-state index contributed by atoms with van der Waals surface area (Å²) in [6.45, 7) is 2.51. The molecule has 1 aromatic heterocycles. The molecule has 4 rings (SSSR count). The third kappa shape index (κ3) is 2.93. The Bertz CT molecular complexity index is 1020. The number of pyridine rings is 1. The molecular formula is C21H20N2O2S. The highest BCUT2D eigenvalue weighted by Gasteiger charge is 2.37. The summed E-state index contributed by atoms with van der Waals surface area (Å²) in [5.74, 6) is 0. The van der Waals surface area contributed by atoms with Crippen LogP contribution in [0.3, 0.4) is 0 Å². The summed E-state index contributed by atoms with van der Waals surface area (Å²) in [5.41, 5.74) is 4.32. The molecule has 0 fully saturated rings. The van der Waals surface area contributed by atoms with Gasteiger partial charge in [0.25, 0.3) is 0 Å². The number of benzene rings is 2. The third-order valence-corrected chi connectivity index (χ3v) is 6.71. The summed E-state index contributed by atoms with van der Waals surface area (Å²) in [6.07, 6.45) is 4.17. The maximum Gasteiger partial charge on any atom is 0.243 e. The first-order valence-electron chi connectivity index (χ1n) is 8.63. The van der Waals surface area contributed by atoms with E-state index in [0.717, 1.165) is 11.1 Å². The Morgan fingerprint density at radius 3 is 2.58 bits per heavy atom. The van der Waals surface area contributed by atoms with Crippen molar-refractivity contribution in [1.82, 2.24) is 9.29 Å². The van der Waals surface area contributed by atoms with E-state index in [-0.39, 0.29) is 6.04 Å². The lowest BCUT2D eigenvalue weighted by Gasteiger charge is -2.36. The highest BCUT2D eigenvalue weighted by atomic mass is 32.2. The van der Waals surface area contributed by atoms with Gasteiger partial charge in [-0.2, -0.15) is 4.31 Å². The smallest absolute Gasteiger partial charge is 0.243 e. The van der Waals surface area contributed by atoms with Gasteiger partial charge in [-0.1, -0.05) is 48.0 Å². The van der Waals surface area contributed by atoms with Gasteiger partial charge in [0, 0.05) is 18.9 Å². The number of nitrogens with zero attached hydrogens (tertiary/aromatic N) is 2. The van der Waals surface area contributed by atoms with E-state index in [2.05, 4.69) is 24.0 Å². The summed E-state index contributed by atoms with van der Waals surface area (Å²) < 4.78 is 28.3. The average molecular weight is 364 g/mol. The van der Waals surface area contributed by atoms with Crippen molar-refractivity contribution in [3.05, 3.63) is 95.3 Å². The molecule has 0 bridgehead atoms. The van der Waals surface area contributed by atoms with Crippen molar-refractivity contribution in [3.63, 3.8) is 0 Å². The van der Waals surface area contributed by atoms with E-state index in [0.29, 0.717) is 17.9 Å². The molecule has 0 radical (unpaired) electrons. The molecule has 26 heavy (non-hydrogen) atoms. The highest BCUT2D eigenvalue weighted by Crippen LogP contribution is 2.38. The van der Waals surface area contributed by atoms with Crippen molar-refractivity contribution in [1.29, 1.82) is 0 Å². The van der Waals surface area contributed by atoms with E-state index < -0.39 is 10.0 Å². The van der Waals surface area contributed by atoms with Crippen LogP contribution in [0.15, 0.2) is 78.0 Å². The molecular weight excluding hydrogens is 344 g/mol. The fourth-order valence-electron chi connectivity index (χ4n) is 3.60. The first kappa shape index (κ1) is 16.9. The van der Waals surface area contributed by atoms with Gasteiger partial charge in [-0.15, -0.1) is 0 Å². The van der Waals surface area contributed by atoms with Crippen molar-refractivity contribution in [2.75, 3.05) is 6.54 Å². The zero-order valence-electron chi connectivity index (χ0n) is 14.5. The van der Waals surface area contributed by atoms with E-state index in [1.165, 1.54) is 11.1 Å². The van der Waals surface area contributed by atoms with Crippen LogP contribution in [0.1, 0.15) is 28.3 Å². The number of hydrogen-bond donors (Lipinski definition) is 0. The number of rotatable bonds is 3. The maximum atomic E-state index is 13.4. The van der Waals surface area contributed by atoms with Crippen molar-refractivity contribution >= 4 is 10.0 Å². The van der Waals surface area contributed by atoms with Crippen LogP contribution in [-0.2, 0) is 16.4 Å². The van der Waals surface area contributed by atoms with Gasteiger partial charge < -0.3 is 0 Å². The van der Waals surface area contributed by atoms with Gasteiger partial charge in [0.15, 0.2) is 0 Å². The topological polar surface area (TPSA) is 50.3 Å². The van der Waals surface area contributed by atoms with E-state index >= 15 is 0 Å². The minimum Gasteiger partial charge on any atom is -0.264 e. The van der Waals surface area contributed by atoms with Crippen LogP contribution in [0.4, 0.5) is 0 Å². The Morgan fingerprint density at radius 1 is 1.04 bits per heavy atom. The van der Waals surface area contributed by atoms with Crippen LogP contribution in [0.25, 0.3) is 0 Å². The summed E-state index contributed by atoms with van der Waals surface area (Å²) in [7, 11) is -3.61. The number of aryl methyl sites for hydroxylation is 1. The number of aromatic nitrogens is 1. The van der Waals surface area contributed by atoms with Crippen molar-refractivity contribution in [2.45, 2.75) is 24.3 Å². The zero-order chi connectivity index (χ0) is 18.1. The van der Waals surface area contributed by atoms with Gasteiger partial charge in [-0.25, -0.2) is 8.42 Å². The molecule has 0 amide bonds. The third-order valence-electron chi connectivity index (χ3n) is 4.83. The average Bonchev–Trinajstić information content (AvgIpc) is 2.68. The largest absolute Gasteiger partial charge is 0.264 e. The Morgan fingerprint density at radius 2 is 1.85 bits per heavy atom. The van der Waals surface area contributed by atoms with Gasteiger partial charge >= 0.3 is 0 Å². The van der Waals surface area contributed by atoms with Gasteiger partial charge in [0.05, 0.1) is 10.9 Å². The lowest BCUT2D eigenvalue weighted by Crippen LogP contribution is -2.40. The van der Waals surface area contributed by atoms with Crippen LogP contribution < -0.4 is 0 Å². The molecule has 0 aliphatic carbocycles. The van der Waals surface area contributed by atoms with Crippen molar-refractivity contribution < 1.29 is 8.42 Å². The molecule has 2 heterocycles. The molecule has 4 nitrogen and oxygen atoms in total. The normalized spacial score (nSPS) is 17.7. The zero-order valence-corrected chi connectivity index (χ0v) is 15.4. The molecule has 132 valence electrons. The number of sulfonamides is 1. The van der Waals surface area contributed by atoms with Gasteiger partial charge in [0.2, 0.25) is 10.0 Å². The molecule has 1 aliphatic rings. The number of hydrogen-bond acceptors (Lipinski definition) is 3. The lowest BCUT2D eigenvalue weighted by atomic mass is 9.89. The quantitative estimate of drug-likeness (QED) is 0.712. The maximum absolute atomic E-state index is 13.4. The Labute approximate surface area is 154 Å². The minimum absolute atomic E-state index is 0.324. The molecule has 0 saturated carbocycles. The van der Waals surface area contributed by atoms with Crippen LogP contribution in [0.2, 0.25) is 0 Å². The molecule has 1 atom stereocenters. The predicted octanol–water partition coefficient (Wildman–Crippen LogP) is 3.73. The molecule has 5 heteroatoms. The molecule has 0 saturated heterocycles. The van der Waals surface area contributed by atoms with E-state index in [4.69, 9.17) is 0 Å². The van der Waals surface area contributed by atoms with Gasteiger partial charge in [-0.3, -0.25) is 4.98 Å². The first-order valence-corrected chi connectivity index (χ1v) is 10.1. The van der Waals surface area contributed by atoms with E-state index in [1.807, 2.05) is 24.3 Å². The Hall–Kier alpha value is -2.50.